The number of furan rings is 1. The maximum Gasteiger partial charge on any atom is 0.260 e. The Morgan fingerprint density at radius 2 is 2.11 bits per heavy atom. The van der Waals surface area contributed by atoms with Crippen LogP contribution in [0.1, 0.15) is 5.56 Å². The molecule has 0 radical (unpaired) electrons. The molecule has 0 bridgehead atoms. The lowest BCUT2D eigenvalue weighted by molar-refractivity contribution is 0.429. The molecule has 3 aromatic rings. The van der Waals surface area contributed by atoms with E-state index in [0.717, 1.165) is 11.1 Å². The Bertz CT molecular complexity index is 671. The van der Waals surface area contributed by atoms with Gasteiger partial charge >= 0.3 is 0 Å². The van der Waals surface area contributed by atoms with Crippen LogP contribution in [0.2, 0.25) is 0 Å². The van der Waals surface area contributed by atoms with Crippen molar-refractivity contribution in [3.63, 3.8) is 0 Å². The number of hydrogen-bond donors (Lipinski definition) is 1. The standard InChI is InChI=1S/C13H11N3O2/c1-8-4-5-10(14)9(7-8)13-15-12(16-18-13)11-3-2-6-17-11/h2-7H,14H2,1H3. The van der Waals surface area contributed by atoms with Gasteiger partial charge in [-0.1, -0.05) is 16.8 Å². The molecular weight excluding hydrogens is 230 g/mol. The summed E-state index contributed by atoms with van der Waals surface area (Å²) in [5, 5.41) is 3.87. The van der Waals surface area contributed by atoms with E-state index in [0.29, 0.717) is 23.2 Å². The lowest BCUT2D eigenvalue weighted by atomic mass is 10.1. The molecule has 2 aromatic heterocycles. The van der Waals surface area contributed by atoms with Gasteiger partial charge in [-0.05, 0) is 31.2 Å². The minimum absolute atomic E-state index is 0.391. The van der Waals surface area contributed by atoms with Crippen molar-refractivity contribution in [2.45, 2.75) is 6.92 Å². The highest BCUT2D eigenvalue weighted by molar-refractivity contribution is 5.71. The van der Waals surface area contributed by atoms with Gasteiger partial charge in [0.25, 0.3) is 5.89 Å². The molecule has 18 heavy (non-hydrogen) atoms. The number of aryl methyl sites for hydroxylation is 1. The van der Waals surface area contributed by atoms with Gasteiger partial charge in [0.2, 0.25) is 5.82 Å². The highest BCUT2D eigenvalue weighted by Crippen LogP contribution is 2.27. The van der Waals surface area contributed by atoms with Gasteiger partial charge in [0, 0.05) is 5.69 Å². The van der Waals surface area contributed by atoms with E-state index in [-0.39, 0.29) is 0 Å². The SMILES string of the molecule is Cc1ccc(N)c(-c2nc(-c3ccco3)no2)c1. The molecule has 0 amide bonds. The van der Waals surface area contributed by atoms with Crippen molar-refractivity contribution in [1.82, 2.24) is 10.1 Å². The van der Waals surface area contributed by atoms with Crippen molar-refractivity contribution >= 4 is 5.69 Å². The van der Waals surface area contributed by atoms with E-state index in [2.05, 4.69) is 10.1 Å². The van der Waals surface area contributed by atoms with Crippen LogP contribution in [0.4, 0.5) is 5.69 Å². The summed E-state index contributed by atoms with van der Waals surface area (Å²) in [5.41, 5.74) is 8.32. The highest BCUT2D eigenvalue weighted by Gasteiger charge is 2.14. The molecule has 2 heterocycles. The average molecular weight is 241 g/mol. The van der Waals surface area contributed by atoms with Crippen molar-refractivity contribution in [3.8, 4) is 23.0 Å². The monoisotopic (exact) mass is 241 g/mol. The van der Waals surface area contributed by atoms with Gasteiger partial charge in [-0.3, -0.25) is 0 Å². The predicted molar refractivity (Wildman–Crippen MR) is 66.6 cm³/mol. The number of anilines is 1. The van der Waals surface area contributed by atoms with Crippen LogP contribution < -0.4 is 5.73 Å². The molecule has 5 heteroatoms. The van der Waals surface area contributed by atoms with Crippen LogP contribution in [0.15, 0.2) is 45.5 Å². The summed E-state index contributed by atoms with van der Waals surface area (Å²) in [6.45, 7) is 1.98. The smallest absolute Gasteiger partial charge is 0.260 e. The zero-order valence-electron chi connectivity index (χ0n) is 9.75. The van der Waals surface area contributed by atoms with Gasteiger partial charge in [-0.2, -0.15) is 4.98 Å². The highest BCUT2D eigenvalue weighted by atomic mass is 16.5. The number of nitrogen functional groups attached to an aromatic ring is 1. The number of rotatable bonds is 2. The van der Waals surface area contributed by atoms with Gasteiger partial charge in [-0.25, -0.2) is 0 Å². The van der Waals surface area contributed by atoms with Gasteiger partial charge < -0.3 is 14.7 Å². The number of aromatic nitrogens is 2. The van der Waals surface area contributed by atoms with Crippen LogP contribution in [-0.4, -0.2) is 10.1 Å². The molecular formula is C13H11N3O2. The lowest BCUT2D eigenvalue weighted by Gasteiger charge is -2.01. The zero-order valence-corrected chi connectivity index (χ0v) is 9.75. The third-order valence-electron chi connectivity index (χ3n) is 2.61. The predicted octanol–water partition coefficient (Wildman–Crippen LogP) is 2.89. The molecule has 0 unspecified atom stereocenters. The molecule has 0 atom stereocenters. The Balaban J connectivity index is 2.05. The van der Waals surface area contributed by atoms with Crippen molar-refractivity contribution in [2.75, 3.05) is 5.73 Å². The summed E-state index contributed by atoms with van der Waals surface area (Å²) in [6.07, 6.45) is 1.56. The first-order chi connectivity index (χ1) is 8.74. The topological polar surface area (TPSA) is 78.1 Å². The van der Waals surface area contributed by atoms with Crippen molar-refractivity contribution in [2.24, 2.45) is 0 Å². The van der Waals surface area contributed by atoms with Crippen molar-refractivity contribution in [3.05, 3.63) is 42.2 Å². The summed E-state index contributed by atoms with van der Waals surface area (Å²) in [7, 11) is 0. The summed E-state index contributed by atoms with van der Waals surface area (Å²) in [5.74, 6) is 1.37. The normalized spacial score (nSPS) is 10.7. The molecule has 0 aliphatic carbocycles. The minimum atomic E-state index is 0.391. The van der Waals surface area contributed by atoms with E-state index in [1.54, 1.807) is 18.4 Å². The molecule has 0 aliphatic rings. The lowest BCUT2D eigenvalue weighted by Crippen LogP contribution is -1.90. The van der Waals surface area contributed by atoms with E-state index >= 15 is 0 Å². The van der Waals surface area contributed by atoms with Crippen LogP contribution in [-0.2, 0) is 0 Å². The second-order valence-corrected chi connectivity index (χ2v) is 3.99. The Kier molecular flexibility index (Phi) is 2.37. The Hall–Kier alpha value is -2.56. The molecule has 0 saturated carbocycles. The summed E-state index contributed by atoms with van der Waals surface area (Å²) < 4.78 is 10.4. The van der Waals surface area contributed by atoms with Crippen molar-refractivity contribution in [1.29, 1.82) is 0 Å². The average Bonchev–Trinajstić information content (AvgIpc) is 3.00. The van der Waals surface area contributed by atoms with E-state index in [1.165, 1.54) is 0 Å². The van der Waals surface area contributed by atoms with Crippen LogP contribution >= 0.6 is 0 Å². The third-order valence-corrected chi connectivity index (χ3v) is 2.61. The molecule has 0 aliphatic heterocycles. The molecule has 0 fully saturated rings. The fourth-order valence-corrected chi connectivity index (χ4v) is 1.69. The van der Waals surface area contributed by atoms with Gasteiger partial charge in [-0.15, -0.1) is 0 Å². The number of nitrogens with two attached hydrogens (primary N) is 1. The quantitative estimate of drug-likeness (QED) is 0.698. The van der Waals surface area contributed by atoms with Gasteiger partial charge in [0.15, 0.2) is 5.76 Å². The van der Waals surface area contributed by atoms with Gasteiger partial charge in [0.1, 0.15) is 0 Å². The first-order valence-electron chi connectivity index (χ1n) is 5.48. The number of nitrogens with zero attached hydrogens (tertiary/aromatic N) is 2. The van der Waals surface area contributed by atoms with E-state index < -0.39 is 0 Å². The molecule has 1 aromatic carbocycles. The summed E-state index contributed by atoms with van der Waals surface area (Å²) >= 11 is 0. The number of hydrogen-bond acceptors (Lipinski definition) is 5. The number of benzene rings is 1. The maximum atomic E-state index is 5.90. The van der Waals surface area contributed by atoms with E-state index in [1.807, 2.05) is 25.1 Å². The first kappa shape index (κ1) is 10.6. The maximum absolute atomic E-state index is 5.90. The van der Waals surface area contributed by atoms with E-state index in [9.17, 15) is 0 Å². The van der Waals surface area contributed by atoms with E-state index in [4.69, 9.17) is 14.7 Å². The summed E-state index contributed by atoms with van der Waals surface area (Å²) in [6, 6.07) is 9.21. The molecule has 5 nitrogen and oxygen atoms in total. The Labute approximate surface area is 103 Å². The Morgan fingerprint density at radius 3 is 2.89 bits per heavy atom. The molecule has 90 valence electrons. The Morgan fingerprint density at radius 1 is 1.22 bits per heavy atom. The second kappa shape index (κ2) is 4.03. The van der Waals surface area contributed by atoms with Crippen LogP contribution in [0.5, 0.6) is 0 Å². The van der Waals surface area contributed by atoms with Crippen LogP contribution in [0.3, 0.4) is 0 Å². The fraction of sp³-hybridized carbons (Fsp3) is 0.0769. The van der Waals surface area contributed by atoms with Crippen LogP contribution in [0, 0.1) is 6.92 Å². The first-order valence-corrected chi connectivity index (χ1v) is 5.48. The zero-order chi connectivity index (χ0) is 12.5. The fourth-order valence-electron chi connectivity index (χ4n) is 1.69. The second-order valence-electron chi connectivity index (χ2n) is 3.99. The molecule has 0 spiro atoms. The molecule has 2 N–H and O–H groups in total. The molecule has 3 rings (SSSR count). The minimum Gasteiger partial charge on any atom is -0.461 e. The largest absolute Gasteiger partial charge is 0.461 e. The summed E-state index contributed by atoms with van der Waals surface area (Å²) in [4.78, 5) is 4.27. The molecule has 0 saturated heterocycles. The van der Waals surface area contributed by atoms with Gasteiger partial charge in [0.05, 0.1) is 11.8 Å². The van der Waals surface area contributed by atoms with Crippen molar-refractivity contribution < 1.29 is 8.94 Å². The van der Waals surface area contributed by atoms with Crippen LogP contribution in [0.25, 0.3) is 23.0 Å². The third kappa shape index (κ3) is 1.75.